The predicted molar refractivity (Wildman–Crippen MR) is 40.3 cm³/mol. The van der Waals surface area contributed by atoms with Crippen molar-refractivity contribution in [1.29, 1.82) is 0 Å². The minimum atomic E-state index is -5.55. The molecule has 0 aliphatic heterocycles. The molecule has 0 bridgehead atoms. The Balaban J connectivity index is 3.48. The van der Waals surface area contributed by atoms with Gasteiger partial charge in [0.15, 0.2) is 0 Å². The van der Waals surface area contributed by atoms with Gasteiger partial charge < -0.3 is 4.98 Å². The van der Waals surface area contributed by atoms with E-state index in [2.05, 4.69) is 0 Å². The average molecular weight is 227 g/mol. The topological polar surface area (TPSA) is 67.0 Å². The molecule has 0 unspecified atom stereocenters. The van der Waals surface area contributed by atoms with Crippen molar-refractivity contribution in [3.8, 4) is 0 Å². The first kappa shape index (κ1) is 10.8. The molecule has 4 nitrogen and oxygen atoms in total. The fourth-order valence-corrected chi connectivity index (χ4v) is 1.55. The van der Waals surface area contributed by atoms with E-state index in [1.165, 1.54) is 0 Å². The lowest BCUT2D eigenvalue weighted by Gasteiger charge is -2.05. The van der Waals surface area contributed by atoms with E-state index in [0.29, 0.717) is 6.07 Å². The third kappa shape index (κ3) is 1.65. The van der Waals surface area contributed by atoms with Gasteiger partial charge in [-0.25, -0.2) is 8.42 Å². The molecule has 8 heteroatoms. The van der Waals surface area contributed by atoms with E-state index < -0.39 is 25.8 Å². The number of alkyl halides is 3. The van der Waals surface area contributed by atoms with E-state index in [1.54, 1.807) is 0 Å². The molecule has 0 aromatic carbocycles. The van der Waals surface area contributed by atoms with Crippen LogP contribution < -0.4 is 5.56 Å². The van der Waals surface area contributed by atoms with Crippen LogP contribution >= 0.6 is 0 Å². The Morgan fingerprint density at radius 1 is 1.29 bits per heavy atom. The largest absolute Gasteiger partial charge is 0.502 e. The average Bonchev–Trinajstić information content (AvgIpc) is 2.02. The highest BCUT2D eigenvalue weighted by Crippen LogP contribution is 2.27. The maximum atomic E-state index is 12.0. The summed E-state index contributed by atoms with van der Waals surface area (Å²) in [5.74, 6) is 0. The number of rotatable bonds is 1. The molecule has 14 heavy (non-hydrogen) atoms. The smallest absolute Gasteiger partial charge is 0.328 e. The summed E-state index contributed by atoms with van der Waals surface area (Å²) in [7, 11) is -5.55. The maximum absolute atomic E-state index is 12.0. The first-order chi connectivity index (χ1) is 6.27. The second-order valence-electron chi connectivity index (χ2n) is 2.31. The van der Waals surface area contributed by atoms with Gasteiger partial charge in [-0.05, 0) is 12.1 Å². The van der Waals surface area contributed by atoms with Crippen molar-refractivity contribution in [2.75, 3.05) is 0 Å². The quantitative estimate of drug-likeness (QED) is 0.766. The predicted octanol–water partition coefficient (Wildman–Crippen LogP) is 0.668. The van der Waals surface area contributed by atoms with Crippen LogP contribution in [0.4, 0.5) is 13.2 Å². The number of hydrogen-bond donors (Lipinski definition) is 1. The van der Waals surface area contributed by atoms with E-state index >= 15 is 0 Å². The summed E-state index contributed by atoms with van der Waals surface area (Å²) in [4.78, 5) is 11.3. The molecule has 0 aliphatic carbocycles. The van der Waals surface area contributed by atoms with Gasteiger partial charge in [0, 0.05) is 6.20 Å². The Hall–Kier alpha value is -1.31. The van der Waals surface area contributed by atoms with Crippen LogP contribution in [0.2, 0.25) is 0 Å². The molecule has 0 saturated carbocycles. The third-order valence-corrected chi connectivity index (χ3v) is 2.89. The van der Waals surface area contributed by atoms with Gasteiger partial charge in [-0.2, -0.15) is 13.2 Å². The molecule has 0 atom stereocenters. The van der Waals surface area contributed by atoms with Crippen LogP contribution in [0.5, 0.6) is 0 Å². The number of aromatic amines is 1. The van der Waals surface area contributed by atoms with Gasteiger partial charge in [0.1, 0.15) is 4.90 Å². The zero-order valence-electron chi connectivity index (χ0n) is 6.50. The summed E-state index contributed by atoms with van der Waals surface area (Å²) in [6.45, 7) is 0. The van der Waals surface area contributed by atoms with Gasteiger partial charge in [-0.3, -0.25) is 4.79 Å². The number of H-pyrrole nitrogens is 1. The number of aromatic nitrogens is 1. The van der Waals surface area contributed by atoms with Crippen LogP contribution in [0, 0.1) is 0 Å². The molecule has 1 heterocycles. The van der Waals surface area contributed by atoms with E-state index in [9.17, 15) is 26.4 Å². The summed E-state index contributed by atoms with van der Waals surface area (Å²) < 4.78 is 57.3. The first-order valence-electron chi connectivity index (χ1n) is 3.26. The lowest BCUT2D eigenvalue weighted by molar-refractivity contribution is -0.0436. The van der Waals surface area contributed by atoms with Crippen molar-refractivity contribution in [2.45, 2.75) is 10.4 Å². The number of hydrogen-bond acceptors (Lipinski definition) is 3. The van der Waals surface area contributed by atoms with E-state index in [0.717, 1.165) is 12.3 Å². The van der Waals surface area contributed by atoms with Crippen LogP contribution in [-0.2, 0) is 9.84 Å². The maximum Gasteiger partial charge on any atom is 0.502 e. The molecule has 0 fully saturated rings. The molecular weight excluding hydrogens is 223 g/mol. The number of sulfone groups is 1. The van der Waals surface area contributed by atoms with Crippen molar-refractivity contribution in [1.82, 2.24) is 4.98 Å². The van der Waals surface area contributed by atoms with Gasteiger partial charge in [0.2, 0.25) is 0 Å². The fraction of sp³-hybridized carbons (Fsp3) is 0.167. The van der Waals surface area contributed by atoms with Crippen molar-refractivity contribution in [3.63, 3.8) is 0 Å². The number of pyridine rings is 1. The van der Waals surface area contributed by atoms with Crippen molar-refractivity contribution < 1.29 is 21.6 Å². The fourth-order valence-electron chi connectivity index (χ4n) is 0.742. The summed E-state index contributed by atoms with van der Waals surface area (Å²) in [5.41, 5.74) is -6.74. The summed E-state index contributed by atoms with van der Waals surface area (Å²) in [6.07, 6.45) is 1.04. The zero-order chi connectivity index (χ0) is 11.0. The molecule has 0 radical (unpaired) electrons. The molecule has 0 amide bonds. The Morgan fingerprint density at radius 3 is 2.29 bits per heavy atom. The molecular formula is C6H4F3NO3S. The van der Waals surface area contributed by atoms with Crippen LogP contribution in [0.3, 0.4) is 0 Å². The van der Waals surface area contributed by atoms with Crippen molar-refractivity contribution >= 4 is 9.84 Å². The van der Waals surface area contributed by atoms with Crippen molar-refractivity contribution in [2.24, 2.45) is 0 Å². The summed E-state index contributed by atoms with van der Waals surface area (Å²) in [5, 5.41) is 0. The van der Waals surface area contributed by atoms with Crippen LogP contribution in [0.1, 0.15) is 0 Å². The third-order valence-electron chi connectivity index (χ3n) is 1.38. The van der Waals surface area contributed by atoms with Gasteiger partial charge in [0.25, 0.3) is 15.4 Å². The van der Waals surface area contributed by atoms with Gasteiger partial charge >= 0.3 is 5.51 Å². The van der Waals surface area contributed by atoms with E-state index in [-0.39, 0.29) is 0 Å². The lowest BCUT2D eigenvalue weighted by atomic mass is 10.5. The molecule has 78 valence electrons. The van der Waals surface area contributed by atoms with Crippen LogP contribution in [-0.4, -0.2) is 18.9 Å². The molecule has 0 spiro atoms. The SMILES string of the molecule is O=c1[nH]cccc1S(=O)(=O)C(F)(F)F. The Morgan fingerprint density at radius 2 is 1.86 bits per heavy atom. The highest BCUT2D eigenvalue weighted by Gasteiger charge is 2.48. The number of nitrogens with one attached hydrogen (secondary N) is 1. The monoisotopic (exact) mass is 227 g/mol. The highest BCUT2D eigenvalue weighted by atomic mass is 32.2. The second kappa shape index (κ2) is 3.12. The molecule has 1 N–H and O–H groups in total. The highest BCUT2D eigenvalue weighted by molar-refractivity contribution is 7.92. The van der Waals surface area contributed by atoms with E-state index in [1.807, 2.05) is 4.98 Å². The lowest BCUT2D eigenvalue weighted by Crippen LogP contribution is -2.28. The van der Waals surface area contributed by atoms with Crippen LogP contribution in [0.15, 0.2) is 28.0 Å². The van der Waals surface area contributed by atoms with Gasteiger partial charge in [-0.1, -0.05) is 0 Å². The van der Waals surface area contributed by atoms with Crippen molar-refractivity contribution in [3.05, 3.63) is 28.7 Å². The minimum absolute atomic E-state index is 0.599. The summed E-state index contributed by atoms with van der Waals surface area (Å²) in [6, 6.07) is 1.60. The standard InChI is InChI=1S/C6H4F3NO3S/c7-6(8,9)14(12,13)4-2-1-3-10-5(4)11/h1-3H,(H,10,11). The van der Waals surface area contributed by atoms with Gasteiger partial charge in [0.05, 0.1) is 0 Å². The van der Waals surface area contributed by atoms with E-state index in [4.69, 9.17) is 0 Å². The van der Waals surface area contributed by atoms with Crippen LogP contribution in [0.25, 0.3) is 0 Å². The zero-order valence-corrected chi connectivity index (χ0v) is 7.32. The molecule has 1 aromatic heterocycles. The molecule has 0 aliphatic rings. The molecule has 1 rings (SSSR count). The Kier molecular flexibility index (Phi) is 2.40. The van der Waals surface area contributed by atoms with Gasteiger partial charge in [-0.15, -0.1) is 0 Å². The Bertz CT molecular complexity index is 488. The Labute approximate surface area is 76.3 Å². The first-order valence-corrected chi connectivity index (χ1v) is 4.74. The molecule has 1 aromatic rings. The normalized spacial score (nSPS) is 12.8. The minimum Gasteiger partial charge on any atom is -0.328 e. The molecule has 0 saturated heterocycles. The summed E-state index contributed by atoms with van der Waals surface area (Å²) >= 11 is 0. The number of halogens is 3. The second-order valence-corrected chi connectivity index (χ2v) is 4.22.